The van der Waals surface area contributed by atoms with Crippen molar-refractivity contribution in [3.63, 3.8) is 0 Å². The highest BCUT2D eigenvalue weighted by molar-refractivity contribution is 7.11. The molecule has 2 N–H and O–H groups in total. The normalized spacial score (nSPS) is 13.0. The molecular weight excluding hydrogens is 212 g/mol. The number of hydrogen-bond donors (Lipinski definition) is 1. The predicted octanol–water partition coefficient (Wildman–Crippen LogP) is 0.218. The first kappa shape index (κ1) is 10.2. The van der Waals surface area contributed by atoms with Gasteiger partial charge in [0.25, 0.3) is 0 Å². The maximum atomic E-state index is 6.00. The number of tetrazole rings is 1. The molecule has 6 nitrogen and oxygen atoms in total. The first-order chi connectivity index (χ1) is 7.15. The van der Waals surface area contributed by atoms with E-state index in [1.807, 2.05) is 6.92 Å². The molecule has 0 radical (unpaired) electrons. The van der Waals surface area contributed by atoms with E-state index in [1.54, 1.807) is 24.6 Å². The fraction of sp³-hybridized carbons (Fsp3) is 0.500. The maximum Gasteiger partial charge on any atom is 0.176 e. The van der Waals surface area contributed by atoms with Crippen LogP contribution in [0, 0.1) is 6.92 Å². The molecule has 1 atom stereocenters. The minimum Gasteiger partial charge on any atom is -0.323 e. The molecule has 0 aromatic carbocycles. The van der Waals surface area contributed by atoms with Gasteiger partial charge in [-0.25, -0.2) is 4.98 Å². The summed E-state index contributed by atoms with van der Waals surface area (Å²) in [7, 11) is 1.73. The summed E-state index contributed by atoms with van der Waals surface area (Å²) in [6.07, 6.45) is 2.40. The molecule has 0 aliphatic carbocycles. The number of aromatic nitrogens is 5. The molecule has 7 heteroatoms. The van der Waals surface area contributed by atoms with Crippen LogP contribution in [0.1, 0.15) is 21.8 Å². The SMILES string of the molecule is Cc1ncc(C(N)Cc2nnn(C)n2)s1. The number of hydrogen-bond acceptors (Lipinski definition) is 6. The Hall–Kier alpha value is -1.34. The highest BCUT2D eigenvalue weighted by Crippen LogP contribution is 2.20. The Kier molecular flexibility index (Phi) is 2.74. The van der Waals surface area contributed by atoms with Gasteiger partial charge in [-0.3, -0.25) is 0 Å². The van der Waals surface area contributed by atoms with Crippen LogP contribution < -0.4 is 5.73 Å². The standard InChI is InChI=1S/C8H12N6S/c1-5-10-4-7(15-5)6(9)3-8-11-13-14(2)12-8/h4,6H,3,9H2,1-2H3. The molecule has 0 bridgehead atoms. The van der Waals surface area contributed by atoms with E-state index in [1.165, 1.54) is 4.80 Å². The van der Waals surface area contributed by atoms with Gasteiger partial charge in [0.15, 0.2) is 5.82 Å². The summed E-state index contributed by atoms with van der Waals surface area (Å²) in [6, 6.07) is -0.0969. The van der Waals surface area contributed by atoms with Gasteiger partial charge in [0.1, 0.15) is 0 Å². The Morgan fingerprint density at radius 3 is 2.93 bits per heavy atom. The highest BCUT2D eigenvalue weighted by Gasteiger charge is 2.12. The average Bonchev–Trinajstić information content (AvgIpc) is 2.75. The van der Waals surface area contributed by atoms with Gasteiger partial charge in [0.2, 0.25) is 0 Å². The topological polar surface area (TPSA) is 82.5 Å². The quantitative estimate of drug-likeness (QED) is 0.806. The van der Waals surface area contributed by atoms with E-state index < -0.39 is 0 Å². The van der Waals surface area contributed by atoms with Crippen LogP contribution >= 0.6 is 11.3 Å². The summed E-state index contributed by atoms with van der Waals surface area (Å²) in [5.41, 5.74) is 6.00. The largest absolute Gasteiger partial charge is 0.323 e. The van der Waals surface area contributed by atoms with E-state index in [-0.39, 0.29) is 6.04 Å². The van der Waals surface area contributed by atoms with Crippen LogP contribution in [0.2, 0.25) is 0 Å². The van der Waals surface area contributed by atoms with Gasteiger partial charge in [-0.2, -0.15) is 4.80 Å². The van der Waals surface area contributed by atoms with E-state index >= 15 is 0 Å². The lowest BCUT2D eigenvalue weighted by molar-refractivity contribution is 0.623. The molecule has 80 valence electrons. The van der Waals surface area contributed by atoms with Crippen molar-refractivity contribution in [2.75, 3.05) is 0 Å². The third kappa shape index (κ3) is 2.37. The van der Waals surface area contributed by atoms with Crippen molar-refractivity contribution in [2.24, 2.45) is 12.8 Å². The molecule has 0 saturated carbocycles. The second-order valence-electron chi connectivity index (χ2n) is 3.29. The van der Waals surface area contributed by atoms with Crippen LogP contribution in [0.4, 0.5) is 0 Å². The molecule has 2 heterocycles. The Labute approximate surface area is 91.1 Å². The lowest BCUT2D eigenvalue weighted by Crippen LogP contribution is -2.13. The van der Waals surface area contributed by atoms with Crippen molar-refractivity contribution < 1.29 is 0 Å². The van der Waals surface area contributed by atoms with Crippen LogP contribution in [-0.2, 0) is 13.5 Å². The van der Waals surface area contributed by atoms with Crippen LogP contribution in [0.15, 0.2) is 6.20 Å². The predicted molar refractivity (Wildman–Crippen MR) is 56.3 cm³/mol. The number of aryl methyl sites for hydroxylation is 2. The van der Waals surface area contributed by atoms with E-state index in [0.29, 0.717) is 12.2 Å². The smallest absolute Gasteiger partial charge is 0.176 e. The maximum absolute atomic E-state index is 6.00. The van der Waals surface area contributed by atoms with Gasteiger partial charge >= 0.3 is 0 Å². The average molecular weight is 224 g/mol. The summed E-state index contributed by atoms with van der Waals surface area (Å²) < 4.78 is 0. The Bertz CT molecular complexity index is 447. The molecule has 0 amide bonds. The highest BCUT2D eigenvalue weighted by atomic mass is 32.1. The van der Waals surface area contributed by atoms with Crippen molar-refractivity contribution >= 4 is 11.3 Å². The summed E-state index contributed by atoms with van der Waals surface area (Å²) >= 11 is 1.60. The Morgan fingerprint density at radius 2 is 2.40 bits per heavy atom. The first-order valence-electron chi connectivity index (χ1n) is 4.56. The van der Waals surface area contributed by atoms with Crippen molar-refractivity contribution in [2.45, 2.75) is 19.4 Å². The minimum atomic E-state index is -0.0969. The van der Waals surface area contributed by atoms with E-state index in [2.05, 4.69) is 20.4 Å². The zero-order valence-electron chi connectivity index (χ0n) is 8.58. The molecule has 2 aromatic rings. The van der Waals surface area contributed by atoms with Crippen LogP contribution in [0.3, 0.4) is 0 Å². The lowest BCUT2D eigenvalue weighted by atomic mass is 10.2. The van der Waals surface area contributed by atoms with Crippen LogP contribution in [0.25, 0.3) is 0 Å². The fourth-order valence-electron chi connectivity index (χ4n) is 1.25. The minimum absolute atomic E-state index is 0.0969. The number of nitrogens with zero attached hydrogens (tertiary/aromatic N) is 5. The van der Waals surface area contributed by atoms with Crippen molar-refractivity contribution in [3.05, 3.63) is 21.9 Å². The monoisotopic (exact) mass is 224 g/mol. The van der Waals surface area contributed by atoms with E-state index in [9.17, 15) is 0 Å². The van der Waals surface area contributed by atoms with Crippen molar-refractivity contribution in [1.29, 1.82) is 0 Å². The third-order valence-corrected chi connectivity index (χ3v) is 3.00. The molecule has 0 saturated heterocycles. The van der Waals surface area contributed by atoms with Crippen molar-refractivity contribution in [3.8, 4) is 0 Å². The molecule has 0 aliphatic heterocycles. The van der Waals surface area contributed by atoms with Gasteiger partial charge in [0, 0.05) is 23.5 Å². The van der Waals surface area contributed by atoms with Crippen molar-refractivity contribution in [1.82, 2.24) is 25.2 Å². The second-order valence-corrected chi connectivity index (χ2v) is 4.55. The first-order valence-corrected chi connectivity index (χ1v) is 5.37. The number of nitrogens with two attached hydrogens (primary N) is 1. The molecule has 0 fully saturated rings. The third-order valence-electron chi connectivity index (χ3n) is 1.96. The van der Waals surface area contributed by atoms with Gasteiger partial charge < -0.3 is 5.73 Å². The van der Waals surface area contributed by atoms with Gasteiger partial charge in [-0.05, 0) is 12.1 Å². The molecular formula is C8H12N6S. The summed E-state index contributed by atoms with van der Waals surface area (Å²) in [6.45, 7) is 1.96. The zero-order valence-corrected chi connectivity index (χ0v) is 9.40. The fourth-order valence-corrected chi connectivity index (χ4v) is 2.04. The molecule has 2 aromatic heterocycles. The molecule has 2 rings (SSSR count). The second kappa shape index (κ2) is 4.03. The number of rotatable bonds is 3. The molecule has 1 unspecified atom stereocenters. The Balaban J connectivity index is 2.06. The van der Waals surface area contributed by atoms with Gasteiger partial charge in [-0.15, -0.1) is 21.5 Å². The van der Waals surface area contributed by atoms with E-state index in [4.69, 9.17) is 5.73 Å². The van der Waals surface area contributed by atoms with Crippen LogP contribution in [-0.4, -0.2) is 25.2 Å². The Morgan fingerprint density at radius 1 is 1.60 bits per heavy atom. The molecule has 0 aliphatic rings. The number of thiazole rings is 1. The van der Waals surface area contributed by atoms with E-state index in [0.717, 1.165) is 9.88 Å². The summed E-state index contributed by atoms with van der Waals surface area (Å²) in [5.74, 6) is 0.663. The van der Waals surface area contributed by atoms with Gasteiger partial charge in [-0.1, -0.05) is 0 Å². The molecule has 15 heavy (non-hydrogen) atoms. The summed E-state index contributed by atoms with van der Waals surface area (Å²) in [5, 5.41) is 12.8. The lowest BCUT2D eigenvalue weighted by Gasteiger charge is -2.04. The van der Waals surface area contributed by atoms with Gasteiger partial charge in [0.05, 0.1) is 12.1 Å². The zero-order chi connectivity index (χ0) is 10.8. The summed E-state index contributed by atoms with van der Waals surface area (Å²) in [4.78, 5) is 6.65. The van der Waals surface area contributed by atoms with Crippen LogP contribution in [0.5, 0.6) is 0 Å². The molecule has 0 spiro atoms.